The maximum atomic E-state index is 6.11. The Bertz CT molecular complexity index is 598. The van der Waals surface area contributed by atoms with Crippen LogP contribution in [0, 0.1) is 0 Å². The largest absolute Gasteiger partial charge is 0.338 e. The number of rotatable bonds is 3. The third kappa shape index (κ3) is 2.47. The summed E-state index contributed by atoms with van der Waals surface area (Å²) in [4.78, 5) is 7.05. The molecule has 2 unspecified atom stereocenters. The molecule has 2 saturated heterocycles. The summed E-state index contributed by atoms with van der Waals surface area (Å²) in [5.74, 6) is 1.38. The molecule has 2 aliphatic heterocycles. The summed E-state index contributed by atoms with van der Waals surface area (Å²) in [6.45, 7) is 0.752. The van der Waals surface area contributed by atoms with Crippen molar-refractivity contribution < 1.29 is 4.52 Å². The van der Waals surface area contributed by atoms with Gasteiger partial charge in [-0.15, -0.1) is 0 Å². The molecule has 5 nitrogen and oxygen atoms in total. The van der Waals surface area contributed by atoms with E-state index in [1.165, 1.54) is 12.8 Å². The topological polar surface area (TPSA) is 68.2 Å². The molecule has 2 bridgehead atoms. The fraction of sp³-hybridized carbons (Fsp3) is 0.500. The van der Waals surface area contributed by atoms with Crippen molar-refractivity contribution in [3.8, 4) is 11.4 Å². The van der Waals surface area contributed by atoms with Crippen LogP contribution in [0.25, 0.3) is 11.4 Å². The molecule has 0 amide bonds. The molecule has 5 heteroatoms. The van der Waals surface area contributed by atoms with Crippen molar-refractivity contribution >= 4 is 0 Å². The second kappa shape index (κ2) is 5.24. The van der Waals surface area contributed by atoms with Crippen LogP contribution in [-0.4, -0.2) is 33.2 Å². The van der Waals surface area contributed by atoms with E-state index in [-0.39, 0.29) is 0 Å². The number of nitrogens with zero attached hydrogens (tertiary/aromatic N) is 3. The maximum absolute atomic E-state index is 6.11. The Morgan fingerprint density at radius 3 is 2.57 bits per heavy atom. The lowest BCUT2D eigenvalue weighted by Crippen LogP contribution is -2.46. The highest BCUT2D eigenvalue weighted by molar-refractivity contribution is 5.53. The first-order valence-electron chi connectivity index (χ1n) is 7.69. The van der Waals surface area contributed by atoms with Gasteiger partial charge in [0.2, 0.25) is 11.7 Å². The summed E-state index contributed by atoms with van der Waals surface area (Å²) < 4.78 is 5.44. The summed E-state index contributed by atoms with van der Waals surface area (Å²) in [5.41, 5.74) is 7.11. The van der Waals surface area contributed by atoms with Crippen molar-refractivity contribution in [2.24, 2.45) is 5.73 Å². The fourth-order valence-corrected chi connectivity index (χ4v) is 3.75. The van der Waals surface area contributed by atoms with Gasteiger partial charge in [-0.3, -0.25) is 4.90 Å². The quantitative estimate of drug-likeness (QED) is 0.935. The van der Waals surface area contributed by atoms with Gasteiger partial charge >= 0.3 is 0 Å². The number of benzene rings is 1. The van der Waals surface area contributed by atoms with Gasteiger partial charge in [-0.25, -0.2) is 0 Å². The number of hydrogen-bond donors (Lipinski definition) is 1. The highest BCUT2D eigenvalue weighted by Gasteiger charge is 2.40. The normalized spacial score (nSPS) is 28.9. The molecular weight excluding hydrogens is 264 g/mol. The van der Waals surface area contributed by atoms with E-state index >= 15 is 0 Å². The zero-order valence-corrected chi connectivity index (χ0v) is 12.0. The number of fused-ring (bicyclic) bond motifs is 2. The van der Waals surface area contributed by atoms with Crippen LogP contribution in [0.1, 0.15) is 31.6 Å². The highest BCUT2D eigenvalue weighted by atomic mass is 16.5. The molecule has 2 N–H and O–H groups in total. The predicted octanol–water partition coefficient (Wildman–Crippen LogP) is 2.19. The van der Waals surface area contributed by atoms with Crippen LogP contribution in [0.4, 0.5) is 0 Å². The van der Waals surface area contributed by atoms with E-state index in [9.17, 15) is 0 Å². The van der Waals surface area contributed by atoms with Crippen LogP contribution in [0.5, 0.6) is 0 Å². The number of piperidine rings is 1. The van der Waals surface area contributed by atoms with E-state index in [2.05, 4.69) is 15.0 Å². The zero-order chi connectivity index (χ0) is 14.2. The smallest absolute Gasteiger partial charge is 0.241 e. The van der Waals surface area contributed by atoms with Gasteiger partial charge in [-0.05, 0) is 25.7 Å². The third-order valence-electron chi connectivity index (χ3n) is 4.74. The lowest BCUT2D eigenvalue weighted by atomic mass is 9.98. The monoisotopic (exact) mass is 284 g/mol. The van der Waals surface area contributed by atoms with Crippen LogP contribution in [0.3, 0.4) is 0 Å². The van der Waals surface area contributed by atoms with Gasteiger partial charge in [0.25, 0.3) is 0 Å². The number of aromatic nitrogens is 2. The van der Waals surface area contributed by atoms with Gasteiger partial charge in [0.1, 0.15) is 0 Å². The van der Waals surface area contributed by atoms with E-state index in [1.807, 2.05) is 30.3 Å². The van der Waals surface area contributed by atoms with Gasteiger partial charge in [-0.1, -0.05) is 35.5 Å². The van der Waals surface area contributed by atoms with Crippen LogP contribution >= 0.6 is 0 Å². The molecule has 1 aromatic carbocycles. The lowest BCUT2D eigenvalue weighted by Gasteiger charge is -2.36. The van der Waals surface area contributed by atoms with E-state index in [4.69, 9.17) is 10.3 Å². The molecule has 0 spiro atoms. The van der Waals surface area contributed by atoms with Gasteiger partial charge in [-0.2, -0.15) is 4.98 Å². The van der Waals surface area contributed by atoms with Crippen molar-refractivity contribution in [1.29, 1.82) is 0 Å². The van der Waals surface area contributed by atoms with Crippen molar-refractivity contribution in [1.82, 2.24) is 15.0 Å². The third-order valence-corrected chi connectivity index (χ3v) is 4.74. The molecule has 2 aliphatic rings. The van der Waals surface area contributed by atoms with Gasteiger partial charge in [0.05, 0.1) is 6.54 Å². The van der Waals surface area contributed by atoms with Gasteiger partial charge < -0.3 is 10.3 Å². The van der Waals surface area contributed by atoms with Crippen LogP contribution in [0.15, 0.2) is 34.9 Å². The first-order chi connectivity index (χ1) is 10.3. The molecular formula is C16H20N4O. The van der Waals surface area contributed by atoms with Gasteiger partial charge in [0, 0.05) is 23.7 Å². The molecule has 2 aromatic rings. The summed E-state index contributed by atoms with van der Waals surface area (Å²) in [7, 11) is 0. The van der Waals surface area contributed by atoms with Crippen LogP contribution < -0.4 is 5.73 Å². The van der Waals surface area contributed by atoms with Crippen LogP contribution in [0.2, 0.25) is 0 Å². The second-order valence-electron chi connectivity index (χ2n) is 6.17. The average molecular weight is 284 g/mol. The van der Waals surface area contributed by atoms with E-state index in [1.54, 1.807) is 0 Å². The predicted molar refractivity (Wildman–Crippen MR) is 79.3 cm³/mol. The molecule has 3 heterocycles. The Morgan fingerprint density at radius 1 is 1.14 bits per heavy atom. The molecule has 21 heavy (non-hydrogen) atoms. The zero-order valence-electron chi connectivity index (χ0n) is 12.0. The molecule has 110 valence electrons. The Morgan fingerprint density at radius 2 is 1.86 bits per heavy atom. The SMILES string of the molecule is NC1CC2CCC(C1)N2Cc1nc(-c2ccccc2)no1. The van der Waals surface area contributed by atoms with Crippen molar-refractivity contribution in [2.45, 2.75) is 50.4 Å². The van der Waals surface area contributed by atoms with E-state index in [0.717, 1.165) is 24.9 Å². The van der Waals surface area contributed by atoms with E-state index < -0.39 is 0 Å². The average Bonchev–Trinajstić information content (AvgIpc) is 3.05. The molecule has 0 saturated carbocycles. The maximum Gasteiger partial charge on any atom is 0.241 e. The number of hydrogen-bond acceptors (Lipinski definition) is 5. The summed E-state index contributed by atoms with van der Waals surface area (Å²) in [6, 6.07) is 11.5. The first kappa shape index (κ1) is 13.0. The van der Waals surface area contributed by atoms with Crippen molar-refractivity contribution in [3.05, 3.63) is 36.2 Å². The summed E-state index contributed by atoms with van der Waals surface area (Å²) >= 11 is 0. The summed E-state index contributed by atoms with van der Waals surface area (Å²) in [6.07, 6.45) is 4.68. The van der Waals surface area contributed by atoms with Gasteiger partial charge in [0.15, 0.2) is 0 Å². The molecule has 2 atom stereocenters. The molecule has 0 radical (unpaired) electrons. The first-order valence-corrected chi connectivity index (χ1v) is 7.69. The molecule has 2 fully saturated rings. The minimum atomic E-state index is 0.362. The minimum Gasteiger partial charge on any atom is -0.338 e. The Labute approximate surface area is 124 Å². The second-order valence-corrected chi connectivity index (χ2v) is 6.17. The molecule has 1 aromatic heterocycles. The highest BCUT2D eigenvalue weighted by Crippen LogP contribution is 2.36. The fourth-order valence-electron chi connectivity index (χ4n) is 3.75. The lowest BCUT2D eigenvalue weighted by molar-refractivity contribution is 0.105. The Balaban J connectivity index is 1.50. The minimum absolute atomic E-state index is 0.362. The Hall–Kier alpha value is -1.72. The standard InChI is InChI=1S/C16H20N4O/c17-12-8-13-6-7-14(9-12)20(13)10-15-18-16(19-21-15)11-4-2-1-3-5-11/h1-5,12-14H,6-10,17H2. The number of nitrogens with two attached hydrogens (primary N) is 1. The molecule has 4 rings (SSSR count). The van der Waals surface area contributed by atoms with E-state index in [0.29, 0.717) is 29.8 Å². The van der Waals surface area contributed by atoms with Crippen molar-refractivity contribution in [3.63, 3.8) is 0 Å². The Kier molecular flexibility index (Phi) is 3.24. The molecule has 0 aliphatic carbocycles. The van der Waals surface area contributed by atoms with Crippen LogP contribution in [-0.2, 0) is 6.54 Å². The summed E-state index contributed by atoms with van der Waals surface area (Å²) in [5, 5.41) is 4.10. The van der Waals surface area contributed by atoms with Crippen molar-refractivity contribution in [2.75, 3.05) is 0 Å².